The predicted octanol–water partition coefficient (Wildman–Crippen LogP) is 2.14. The fourth-order valence-electron chi connectivity index (χ4n) is 3.38. The van der Waals surface area contributed by atoms with E-state index in [9.17, 15) is 9.59 Å². The van der Waals surface area contributed by atoms with Gasteiger partial charge in [0, 0.05) is 19.5 Å². The van der Waals surface area contributed by atoms with Crippen LogP contribution in [0.3, 0.4) is 0 Å². The first-order chi connectivity index (χ1) is 10.7. The van der Waals surface area contributed by atoms with Gasteiger partial charge in [-0.15, -0.1) is 0 Å². The molecule has 1 heterocycles. The number of anilines is 2. The number of hydrogen-bond donors (Lipinski definition) is 2. The zero-order valence-electron chi connectivity index (χ0n) is 12.8. The van der Waals surface area contributed by atoms with Crippen molar-refractivity contribution in [3.05, 3.63) is 24.3 Å². The second kappa shape index (κ2) is 6.81. The third kappa shape index (κ3) is 3.59. The number of amides is 2. The highest BCUT2D eigenvalue weighted by Gasteiger charge is 2.21. The molecule has 1 saturated carbocycles. The molecule has 5 heteroatoms. The lowest BCUT2D eigenvalue weighted by Gasteiger charge is -2.30. The number of carbonyl (C=O) groups excluding carboxylic acids is 2. The van der Waals surface area contributed by atoms with Gasteiger partial charge in [0.1, 0.15) is 0 Å². The molecular formula is C17H23N3O2. The van der Waals surface area contributed by atoms with Crippen molar-refractivity contribution in [2.75, 3.05) is 29.9 Å². The number of nitrogens with one attached hydrogen (secondary N) is 2. The van der Waals surface area contributed by atoms with Gasteiger partial charge >= 0.3 is 0 Å². The van der Waals surface area contributed by atoms with E-state index in [1.807, 2.05) is 29.2 Å². The lowest BCUT2D eigenvalue weighted by Crippen LogP contribution is -2.47. The Labute approximate surface area is 131 Å². The molecule has 1 aliphatic heterocycles. The number of para-hydroxylation sites is 2. The molecule has 2 amide bonds. The third-order valence-electron chi connectivity index (χ3n) is 4.51. The lowest BCUT2D eigenvalue weighted by molar-refractivity contribution is -0.120. The Morgan fingerprint density at radius 3 is 2.82 bits per heavy atom. The van der Waals surface area contributed by atoms with Crippen molar-refractivity contribution in [3.63, 3.8) is 0 Å². The molecule has 22 heavy (non-hydrogen) atoms. The molecule has 0 atom stereocenters. The van der Waals surface area contributed by atoms with E-state index in [0.29, 0.717) is 25.4 Å². The average molecular weight is 301 g/mol. The Balaban J connectivity index is 1.67. The lowest BCUT2D eigenvalue weighted by atomic mass is 10.0. The zero-order chi connectivity index (χ0) is 15.4. The second-order valence-corrected chi connectivity index (χ2v) is 6.19. The summed E-state index contributed by atoms with van der Waals surface area (Å²) in [6.45, 7) is 1.75. The van der Waals surface area contributed by atoms with Crippen LogP contribution in [0.25, 0.3) is 0 Å². The van der Waals surface area contributed by atoms with Crippen molar-refractivity contribution < 1.29 is 9.59 Å². The Hall–Kier alpha value is -2.04. The van der Waals surface area contributed by atoms with Gasteiger partial charge in [-0.05, 0) is 30.9 Å². The smallest absolute Gasteiger partial charge is 0.239 e. The molecule has 3 rings (SSSR count). The molecule has 0 unspecified atom stereocenters. The van der Waals surface area contributed by atoms with Gasteiger partial charge < -0.3 is 15.5 Å². The normalized spacial score (nSPS) is 19.1. The van der Waals surface area contributed by atoms with Gasteiger partial charge in [0.15, 0.2) is 0 Å². The van der Waals surface area contributed by atoms with Gasteiger partial charge in [0.25, 0.3) is 0 Å². The maximum absolute atomic E-state index is 12.3. The fourth-order valence-corrected chi connectivity index (χ4v) is 3.38. The van der Waals surface area contributed by atoms with E-state index >= 15 is 0 Å². The van der Waals surface area contributed by atoms with Gasteiger partial charge in [-0.25, -0.2) is 0 Å². The molecule has 0 bridgehead atoms. The van der Waals surface area contributed by atoms with E-state index in [2.05, 4.69) is 10.6 Å². The van der Waals surface area contributed by atoms with Crippen molar-refractivity contribution in [1.82, 2.24) is 5.32 Å². The quantitative estimate of drug-likeness (QED) is 0.895. The van der Waals surface area contributed by atoms with Crippen LogP contribution in [-0.4, -0.2) is 31.4 Å². The van der Waals surface area contributed by atoms with E-state index in [4.69, 9.17) is 0 Å². The first kappa shape index (κ1) is 14.9. The monoisotopic (exact) mass is 301 g/mol. The van der Waals surface area contributed by atoms with Gasteiger partial charge in [0.05, 0.1) is 17.9 Å². The molecule has 0 radical (unpaired) electrons. The average Bonchev–Trinajstić information content (AvgIpc) is 3.00. The van der Waals surface area contributed by atoms with Crippen LogP contribution in [0.15, 0.2) is 24.3 Å². The van der Waals surface area contributed by atoms with Gasteiger partial charge in [-0.3, -0.25) is 9.59 Å². The van der Waals surface area contributed by atoms with Crippen LogP contribution >= 0.6 is 0 Å². The van der Waals surface area contributed by atoms with E-state index in [1.165, 1.54) is 25.7 Å². The van der Waals surface area contributed by atoms with E-state index in [1.54, 1.807) is 0 Å². The van der Waals surface area contributed by atoms with Crippen molar-refractivity contribution in [2.45, 2.75) is 32.1 Å². The van der Waals surface area contributed by atoms with Crippen LogP contribution in [0.1, 0.15) is 32.1 Å². The summed E-state index contributed by atoms with van der Waals surface area (Å²) in [5.41, 5.74) is 1.73. The summed E-state index contributed by atoms with van der Waals surface area (Å²) in [7, 11) is 0. The minimum atomic E-state index is 0.0262. The van der Waals surface area contributed by atoms with Gasteiger partial charge in [0.2, 0.25) is 11.8 Å². The molecule has 1 aliphatic carbocycles. The van der Waals surface area contributed by atoms with Crippen LogP contribution in [-0.2, 0) is 9.59 Å². The number of benzene rings is 1. The predicted molar refractivity (Wildman–Crippen MR) is 86.9 cm³/mol. The topological polar surface area (TPSA) is 61.4 Å². The number of rotatable bonds is 4. The molecular weight excluding hydrogens is 278 g/mol. The highest BCUT2D eigenvalue weighted by molar-refractivity contribution is 5.95. The first-order valence-electron chi connectivity index (χ1n) is 8.13. The summed E-state index contributed by atoms with van der Waals surface area (Å²) < 4.78 is 0. The van der Waals surface area contributed by atoms with Crippen LogP contribution in [0.5, 0.6) is 0 Å². The van der Waals surface area contributed by atoms with Crippen molar-refractivity contribution in [3.8, 4) is 0 Å². The van der Waals surface area contributed by atoms with Crippen molar-refractivity contribution in [2.24, 2.45) is 5.92 Å². The number of hydrogen-bond acceptors (Lipinski definition) is 3. The second-order valence-electron chi connectivity index (χ2n) is 6.19. The number of nitrogens with zero attached hydrogens (tertiary/aromatic N) is 1. The third-order valence-corrected chi connectivity index (χ3v) is 4.51. The SMILES string of the molecule is O=C1CN(c2ccccc2NC(=O)CC2CCCC2)CCN1. The van der Waals surface area contributed by atoms with E-state index in [-0.39, 0.29) is 11.8 Å². The number of carbonyl (C=O) groups is 2. The van der Waals surface area contributed by atoms with E-state index < -0.39 is 0 Å². The molecule has 0 spiro atoms. The summed E-state index contributed by atoms with van der Waals surface area (Å²) in [6.07, 6.45) is 5.44. The van der Waals surface area contributed by atoms with Crippen LogP contribution in [0.2, 0.25) is 0 Å². The molecule has 1 aromatic carbocycles. The minimum Gasteiger partial charge on any atom is -0.359 e. The van der Waals surface area contributed by atoms with Crippen molar-refractivity contribution in [1.29, 1.82) is 0 Å². The largest absolute Gasteiger partial charge is 0.359 e. The maximum Gasteiger partial charge on any atom is 0.239 e. The Morgan fingerprint density at radius 1 is 1.27 bits per heavy atom. The molecule has 0 aromatic heterocycles. The Morgan fingerprint density at radius 2 is 2.05 bits per heavy atom. The molecule has 2 N–H and O–H groups in total. The number of piperazine rings is 1. The van der Waals surface area contributed by atoms with Crippen LogP contribution in [0.4, 0.5) is 11.4 Å². The molecule has 118 valence electrons. The molecule has 1 aromatic rings. The molecule has 5 nitrogen and oxygen atoms in total. The molecule has 1 saturated heterocycles. The summed E-state index contributed by atoms with van der Waals surface area (Å²) >= 11 is 0. The van der Waals surface area contributed by atoms with Crippen LogP contribution < -0.4 is 15.5 Å². The van der Waals surface area contributed by atoms with E-state index in [0.717, 1.165) is 17.9 Å². The van der Waals surface area contributed by atoms with Gasteiger partial charge in [-0.2, -0.15) is 0 Å². The molecule has 2 fully saturated rings. The van der Waals surface area contributed by atoms with Crippen molar-refractivity contribution >= 4 is 23.2 Å². The Bertz CT molecular complexity index is 553. The standard InChI is InChI=1S/C17H23N3O2/c21-16(11-13-5-1-2-6-13)19-14-7-3-4-8-15(14)20-10-9-18-17(22)12-20/h3-4,7-8,13H,1-2,5-6,9-12H2,(H,18,22)(H,19,21). The van der Waals surface area contributed by atoms with Crippen LogP contribution in [0, 0.1) is 5.92 Å². The summed E-state index contributed by atoms with van der Waals surface area (Å²) in [6, 6.07) is 7.73. The van der Waals surface area contributed by atoms with Gasteiger partial charge in [-0.1, -0.05) is 25.0 Å². The summed E-state index contributed by atoms with van der Waals surface area (Å²) in [5.74, 6) is 0.645. The first-order valence-corrected chi connectivity index (χ1v) is 8.13. The molecule has 2 aliphatic rings. The zero-order valence-corrected chi connectivity index (χ0v) is 12.8. The minimum absolute atomic E-state index is 0.0262. The Kier molecular flexibility index (Phi) is 4.61. The maximum atomic E-state index is 12.3. The fraction of sp³-hybridized carbons (Fsp3) is 0.529. The summed E-state index contributed by atoms with van der Waals surface area (Å²) in [5, 5.41) is 5.86. The highest BCUT2D eigenvalue weighted by atomic mass is 16.2. The highest BCUT2D eigenvalue weighted by Crippen LogP contribution is 2.29. The summed E-state index contributed by atoms with van der Waals surface area (Å²) in [4.78, 5) is 25.8.